The Morgan fingerprint density at radius 3 is 3.09 bits per heavy atom. The normalized spacial score (nSPS) is 27.3. The third-order valence-corrected chi connectivity index (χ3v) is 2.19. The molecule has 1 heterocycles. The molecule has 0 aromatic heterocycles. The van der Waals surface area contributed by atoms with Crippen molar-refractivity contribution < 1.29 is 5.11 Å². The molecule has 11 heavy (non-hydrogen) atoms. The molecule has 1 aliphatic rings. The van der Waals surface area contributed by atoms with Gasteiger partial charge in [0.2, 0.25) is 0 Å². The van der Waals surface area contributed by atoms with Gasteiger partial charge in [-0.15, -0.1) is 0 Å². The molecule has 0 aliphatic carbocycles. The lowest BCUT2D eigenvalue weighted by Gasteiger charge is -2.13. The SMILES string of the molecule is C[C@H](CO)NC[C@H]1CCNC1. The van der Waals surface area contributed by atoms with Crippen molar-refractivity contribution in [3.8, 4) is 0 Å². The first-order chi connectivity index (χ1) is 5.33. The van der Waals surface area contributed by atoms with Gasteiger partial charge in [-0.05, 0) is 38.9 Å². The summed E-state index contributed by atoms with van der Waals surface area (Å²) in [4.78, 5) is 0. The molecule has 3 heteroatoms. The molecular formula is C8H18N2O. The Balaban J connectivity index is 2.01. The first-order valence-corrected chi connectivity index (χ1v) is 4.38. The second kappa shape index (κ2) is 4.70. The molecular weight excluding hydrogens is 140 g/mol. The first kappa shape index (κ1) is 8.97. The number of aliphatic hydroxyl groups excluding tert-OH is 1. The maximum Gasteiger partial charge on any atom is 0.0581 e. The summed E-state index contributed by atoms with van der Waals surface area (Å²) < 4.78 is 0. The third-order valence-electron chi connectivity index (χ3n) is 2.19. The minimum atomic E-state index is 0.236. The largest absolute Gasteiger partial charge is 0.395 e. The lowest BCUT2D eigenvalue weighted by molar-refractivity contribution is 0.247. The quantitative estimate of drug-likeness (QED) is 0.520. The fourth-order valence-electron chi connectivity index (χ4n) is 1.32. The zero-order valence-corrected chi connectivity index (χ0v) is 7.14. The Morgan fingerprint density at radius 1 is 1.73 bits per heavy atom. The summed E-state index contributed by atoms with van der Waals surface area (Å²) in [6, 6.07) is 0.246. The summed E-state index contributed by atoms with van der Waals surface area (Å²) in [5.74, 6) is 0.768. The second-order valence-electron chi connectivity index (χ2n) is 3.35. The minimum Gasteiger partial charge on any atom is -0.395 e. The van der Waals surface area contributed by atoms with E-state index in [4.69, 9.17) is 5.11 Å². The van der Waals surface area contributed by atoms with Crippen molar-refractivity contribution in [2.24, 2.45) is 5.92 Å². The standard InChI is InChI=1S/C8H18N2O/c1-7(6-11)10-5-8-2-3-9-4-8/h7-11H,2-6H2,1H3/t7-,8+/m1/s1. The number of rotatable bonds is 4. The van der Waals surface area contributed by atoms with Gasteiger partial charge in [-0.2, -0.15) is 0 Å². The smallest absolute Gasteiger partial charge is 0.0581 e. The van der Waals surface area contributed by atoms with Crippen LogP contribution in [-0.4, -0.2) is 37.4 Å². The highest BCUT2D eigenvalue weighted by atomic mass is 16.3. The highest BCUT2D eigenvalue weighted by Crippen LogP contribution is 2.05. The molecule has 0 aromatic carbocycles. The molecule has 0 amide bonds. The van der Waals surface area contributed by atoms with Crippen LogP contribution in [0.1, 0.15) is 13.3 Å². The Kier molecular flexibility index (Phi) is 3.83. The summed E-state index contributed by atoms with van der Waals surface area (Å²) in [5, 5.41) is 15.3. The van der Waals surface area contributed by atoms with Crippen LogP contribution >= 0.6 is 0 Å². The maximum absolute atomic E-state index is 8.73. The van der Waals surface area contributed by atoms with Gasteiger partial charge in [0.15, 0.2) is 0 Å². The van der Waals surface area contributed by atoms with Gasteiger partial charge in [0.1, 0.15) is 0 Å². The molecule has 1 aliphatic heterocycles. The average Bonchev–Trinajstić information content (AvgIpc) is 2.52. The van der Waals surface area contributed by atoms with E-state index in [2.05, 4.69) is 10.6 Å². The summed E-state index contributed by atoms with van der Waals surface area (Å²) in [5.41, 5.74) is 0. The van der Waals surface area contributed by atoms with E-state index in [0.29, 0.717) is 0 Å². The van der Waals surface area contributed by atoms with Crippen molar-refractivity contribution in [3.05, 3.63) is 0 Å². The zero-order valence-electron chi connectivity index (χ0n) is 7.14. The van der Waals surface area contributed by atoms with E-state index in [1.165, 1.54) is 6.42 Å². The average molecular weight is 158 g/mol. The molecule has 0 radical (unpaired) electrons. The van der Waals surface area contributed by atoms with Crippen molar-refractivity contribution in [1.82, 2.24) is 10.6 Å². The van der Waals surface area contributed by atoms with E-state index >= 15 is 0 Å². The van der Waals surface area contributed by atoms with Crippen LogP contribution in [0.4, 0.5) is 0 Å². The summed E-state index contributed by atoms with van der Waals surface area (Å²) in [6.07, 6.45) is 1.27. The van der Waals surface area contributed by atoms with Crippen molar-refractivity contribution in [3.63, 3.8) is 0 Å². The molecule has 0 aromatic rings. The second-order valence-corrected chi connectivity index (χ2v) is 3.35. The number of aliphatic hydroxyl groups is 1. The van der Waals surface area contributed by atoms with Crippen LogP contribution in [0.25, 0.3) is 0 Å². The summed E-state index contributed by atoms with van der Waals surface area (Å²) >= 11 is 0. The van der Waals surface area contributed by atoms with E-state index in [9.17, 15) is 0 Å². The molecule has 0 spiro atoms. The zero-order chi connectivity index (χ0) is 8.10. The van der Waals surface area contributed by atoms with Crippen molar-refractivity contribution in [2.45, 2.75) is 19.4 Å². The van der Waals surface area contributed by atoms with Crippen molar-refractivity contribution >= 4 is 0 Å². The van der Waals surface area contributed by atoms with Crippen LogP contribution in [0, 0.1) is 5.92 Å². The van der Waals surface area contributed by atoms with Crippen LogP contribution in [-0.2, 0) is 0 Å². The predicted molar refractivity (Wildman–Crippen MR) is 45.5 cm³/mol. The lowest BCUT2D eigenvalue weighted by atomic mass is 10.1. The van der Waals surface area contributed by atoms with E-state index in [0.717, 1.165) is 25.6 Å². The highest BCUT2D eigenvalue weighted by Gasteiger charge is 2.14. The maximum atomic E-state index is 8.73. The Labute approximate surface area is 68.2 Å². The molecule has 3 nitrogen and oxygen atoms in total. The molecule has 1 rings (SSSR count). The number of nitrogens with one attached hydrogen (secondary N) is 2. The van der Waals surface area contributed by atoms with Crippen molar-refractivity contribution in [2.75, 3.05) is 26.2 Å². The minimum absolute atomic E-state index is 0.236. The van der Waals surface area contributed by atoms with Gasteiger partial charge in [-0.25, -0.2) is 0 Å². The lowest BCUT2D eigenvalue weighted by Crippen LogP contribution is -2.34. The highest BCUT2D eigenvalue weighted by molar-refractivity contribution is 4.74. The Bertz CT molecular complexity index is 102. The molecule has 0 unspecified atom stereocenters. The molecule has 2 atom stereocenters. The molecule has 0 bridgehead atoms. The van der Waals surface area contributed by atoms with E-state index in [1.54, 1.807) is 0 Å². The number of hydrogen-bond acceptors (Lipinski definition) is 3. The van der Waals surface area contributed by atoms with Gasteiger partial charge in [0.05, 0.1) is 6.61 Å². The van der Waals surface area contributed by atoms with Gasteiger partial charge in [0.25, 0.3) is 0 Å². The van der Waals surface area contributed by atoms with Gasteiger partial charge < -0.3 is 15.7 Å². The van der Waals surface area contributed by atoms with Crippen LogP contribution in [0.5, 0.6) is 0 Å². The van der Waals surface area contributed by atoms with Gasteiger partial charge >= 0.3 is 0 Å². The monoisotopic (exact) mass is 158 g/mol. The Morgan fingerprint density at radius 2 is 2.55 bits per heavy atom. The van der Waals surface area contributed by atoms with Gasteiger partial charge in [-0.1, -0.05) is 0 Å². The van der Waals surface area contributed by atoms with Crippen molar-refractivity contribution in [1.29, 1.82) is 0 Å². The first-order valence-electron chi connectivity index (χ1n) is 4.38. The fourth-order valence-corrected chi connectivity index (χ4v) is 1.32. The van der Waals surface area contributed by atoms with Crippen LogP contribution in [0.15, 0.2) is 0 Å². The van der Waals surface area contributed by atoms with E-state index in [1.807, 2.05) is 6.92 Å². The topological polar surface area (TPSA) is 44.3 Å². The van der Waals surface area contributed by atoms with Gasteiger partial charge in [-0.3, -0.25) is 0 Å². The van der Waals surface area contributed by atoms with E-state index < -0.39 is 0 Å². The van der Waals surface area contributed by atoms with E-state index in [-0.39, 0.29) is 12.6 Å². The van der Waals surface area contributed by atoms with Crippen LogP contribution < -0.4 is 10.6 Å². The van der Waals surface area contributed by atoms with Gasteiger partial charge in [0, 0.05) is 6.04 Å². The third kappa shape index (κ3) is 3.18. The molecule has 66 valence electrons. The summed E-state index contributed by atoms with van der Waals surface area (Å²) in [6.45, 7) is 5.56. The molecule has 3 N–H and O–H groups in total. The molecule has 0 saturated carbocycles. The van der Waals surface area contributed by atoms with Crippen LogP contribution in [0.2, 0.25) is 0 Å². The fraction of sp³-hybridized carbons (Fsp3) is 1.00. The molecule has 1 saturated heterocycles. The predicted octanol–water partition coefficient (Wildman–Crippen LogP) is -0.434. The number of hydrogen-bond donors (Lipinski definition) is 3. The summed E-state index contributed by atoms with van der Waals surface area (Å²) in [7, 11) is 0. The van der Waals surface area contributed by atoms with Crippen LogP contribution in [0.3, 0.4) is 0 Å². The Hall–Kier alpha value is -0.120. The molecule has 1 fully saturated rings.